The van der Waals surface area contributed by atoms with Crippen molar-refractivity contribution in [2.75, 3.05) is 0 Å². The van der Waals surface area contributed by atoms with Crippen molar-refractivity contribution in [2.24, 2.45) is 10.3 Å². The van der Waals surface area contributed by atoms with Crippen LogP contribution in [0.5, 0.6) is 0 Å². The van der Waals surface area contributed by atoms with E-state index in [1.54, 1.807) is 0 Å². The quantitative estimate of drug-likeness (QED) is 0.302. The predicted octanol–water partition coefficient (Wildman–Crippen LogP) is -4.73. The number of nitrogens with two attached hydrogens (primary N) is 2. The molecular weight excluding hydrogens is 99.0 g/mol. The molecule has 4 N–H and O–H groups in total. The molecule has 0 rings (SSSR count). The van der Waals surface area contributed by atoms with Crippen molar-refractivity contribution in [1.82, 2.24) is 0 Å². The Kier molecular flexibility index (Phi) is 4.21. The Labute approximate surface area is 49.7 Å². The summed E-state index contributed by atoms with van der Waals surface area (Å²) in [5.74, 6) is 0. The van der Waals surface area contributed by atoms with Gasteiger partial charge in [-0.2, -0.15) is 8.42 Å². The van der Waals surface area contributed by atoms with Crippen LogP contribution in [-0.2, 0) is 10.2 Å². The van der Waals surface area contributed by atoms with Crippen LogP contribution in [0.1, 0.15) is 1.43 Å². The average molecular weight is 104 g/mol. The third kappa shape index (κ3) is 246. The maximum atomic E-state index is 9.19. The molecule has 0 aliphatic rings. The van der Waals surface area contributed by atoms with Crippen LogP contribution in [0, 0.1) is 0 Å². The van der Waals surface area contributed by atoms with E-state index in [-0.39, 0.29) is 20.3 Å². The zero-order valence-electron chi connectivity index (χ0n) is 4.38. The minimum Gasteiger partial charge on any atom is -1.00 e. The van der Waals surface area contributed by atoms with Gasteiger partial charge in [-0.3, -0.25) is 0 Å². The fourth-order valence-corrected chi connectivity index (χ4v) is 0. The van der Waals surface area contributed by atoms with Gasteiger partial charge in [-0.25, -0.2) is 10.3 Å². The van der Waals surface area contributed by atoms with E-state index in [2.05, 4.69) is 10.3 Å². The molecule has 0 aromatic rings. The maximum Gasteiger partial charge on any atom is 1.00 e. The molecular formula is H5LiN2O2S. The Hall–Kier alpha value is 0.467. The molecule has 0 aromatic heterocycles. The Balaban J connectivity index is -0.0000000800. The summed E-state index contributed by atoms with van der Waals surface area (Å²) < 4.78 is 18.4. The zero-order valence-corrected chi connectivity index (χ0v) is 4.20. The van der Waals surface area contributed by atoms with Gasteiger partial charge in [-0.1, -0.05) is 0 Å². The second-order valence-corrected chi connectivity index (χ2v) is 1.77. The van der Waals surface area contributed by atoms with E-state index in [1.165, 1.54) is 0 Å². The van der Waals surface area contributed by atoms with Gasteiger partial charge in [0.2, 0.25) is 0 Å². The van der Waals surface area contributed by atoms with E-state index in [4.69, 9.17) is 0 Å². The Morgan fingerprint density at radius 2 is 1.33 bits per heavy atom. The molecule has 0 amide bonds. The predicted molar refractivity (Wildman–Crippen MR) is 18.4 cm³/mol. The summed E-state index contributed by atoms with van der Waals surface area (Å²) >= 11 is 0. The summed E-state index contributed by atoms with van der Waals surface area (Å²) in [4.78, 5) is 0. The molecule has 0 aromatic carbocycles. The topological polar surface area (TPSA) is 86.2 Å². The van der Waals surface area contributed by atoms with Crippen LogP contribution >= 0.6 is 0 Å². The van der Waals surface area contributed by atoms with Gasteiger partial charge in [0, 0.05) is 0 Å². The van der Waals surface area contributed by atoms with Gasteiger partial charge < -0.3 is 1.43 Å². The van der Waals surface area contributed by atoms with Crippen molar-refractivity contribution in [2.45, 2.75) is 0 Å². The molecule has 34 valence electrons. The Morgan fingerprint density at radius 3 is 1.33 bits per heavy atom. The molecule has 6 heteroatoms. The van der Waals surface area contributed by atoms with E-state index in [1.807, 2.05) is 0 Å². The van der Waals surface area contributed by atoms with Crippen LogP contribution < -0.4 is 29.1 Å². The normalized spacial score (nSPS) is 9.67. The van der Waals surface area contributed by atoms with E-state index < -0.39 is 10.2 Å². The van der Waals surface area contributed by atoms with Gasteiger partial charge in [0.05, 0.1) is 0 Å². The third-order valence-corrected chi connectivity index (χ3v) is 0. The van der Waals surface area contributed by atoms with Crippen LogP contribution in [0.3, 0.4) is 0 Å². The van der Waals surface area contributed by atoms with Gasteiger partial charge >= 0.3 is 18.9 Å². The molecule has 0 radical (unpaired) electrons. The second kappa shape index (κ2) is 2.61. The Bertz CT molecular complexity index is 98.9. The summed E-state index contributed by atoms with van der Waals surface area (Å²) in [5, 5.41) is 8.21. The summed E-state index contributed by atoms with van der Waals surface area (Å²) in [7, 11) is -3.67. The first-order valence-electron chi connectivity index (χ1n) is 0.805. The first kappa shape index (κ1) is 9.69. The van der Waals surface area contributed by atoms with E-state index >= 15 is 0 Å². The van der Waals surface area contributed by atoms with Crippen molar-refractivity contribution in [1.29, 1.82) is 0 Å². The fraction of sp³-hybridized carbons (Fsp3) is 0. The Morgan fingerprint density at radius 1 is 1.33 bits per heavy atom. The van der Waals surface area contributed by atoms with Crippen LogP contribution in [0.25, 0.3) is 0 Å². The molecule has 0 atom stereocenters. The molecule has 4 nitrogen and oxygen atoms in total. The zero-order chi connectivity index (χ0) is 4.50. The number of hydrogen-bond donors (Lipinski definition) is 2. The van der Waals surface area contributed by atoms with Crippen LogP contribution in [-0.4, -0.2) is 8.42 Å². The summed E-state index contributed by atoms with van der Waals surface area (Å²) in [6.07, 6.45) is 0. The molecule has 0 spiro atoms. The molecule has 0 fully saturated rings. The first-order chi connectivity index (χ1) is 2.00. The smallest absolute Gasteiger partial charge is 1.00 e. The molecule has 0 saturated heterocycles. The average Bonchev–Trinajstić information content (AvgIpc) is 0.722. The van der Waals surface area contributed by atoms with Crippen molar-refractivity contribution < 1.29 is 28.7 Å². The fourth-order valence-electron chi connectivity index (χ4n) is 0. The van der Waals surface area contributed by atoms with E-state index in [0.29, 0.717) is 0 Å². The molecule has 0 unspecified atom stereocenters. The van der Waals surface area contributed by atoms with Crippen LogP contribution in [0.2, 0.25) is 0 Å². The standard InChI is InChI=1S/Li.H4N2O2S.H/c;1-5(2,3)4;/h;(H4,1,2,3,4);/q+1;;-1. The molecule has 6 heavy (non-hydrogen) atoms. The molecule has 0 aliphatic carbocycles. The van der Waals surface area contributed by atoms with Crippen molar-refractivity contribution in [3.05, 3.63) is 0 Å². The number of rotatable bonds is 0. The summed E-state index contributed by atoms with van der Waals surface area (Å²) in [5.41, 5.74) is 0. The largest absolute Gasteiger partial charge is 1.00 e. The SMILES string of the molecule is NS(N)(=O)=O.[H-].[Li+]. The summed E-state index contributed by atoms with van der Waals surface area (Å²) in [6.45, 7) is 0. The molecule has 0 aliphatic heterocycles. The van der Waals surface area contributed by atoms with Gasteiger partial charge in [0.1, 0.15) is 0 Å². The number of hydrogen-bond acceptors (Lipinski definition) is 2. The van der Waals surface area contributed by atoms with Crippen molar-refractivity contribution >= 4 is 10.2 Å². The molecule has 0 heterocycles. The van der Waals surface area contributed by atoms with E-state index in [9.17, 15) is 8.42 Å². The molecule has 0 saturated carbocycles. The van der Waals surface area contributed by atoms with Crippen LogP contribution in [0.15, 0.2) is 0 Å². The van der Waals surface area contributed by atoms with Gasteiger partial charge in [0.15, 0.2) is 0 Å². The summed E-state index contributed by atoms with van der Waals surface area (Å²) in [6, 6.07) is 0. The first-order valence-corrected chi connectivity index (χ1v) is 2.41. The monoisotopic (exact) mass is 104 g/mol. The minimum absolute atomic E-state index is 0. The van der Waals surface area contributed by atoms with Crippen molar-refractivity contribution in [3.8, 4) is 0 Å². The minimum atomic E-state index is -3.67. The third-order valence-electron chi connectivity index (χ3n) is 0. The molecule has 0 bridgehead atoms. The van der Waals surface area contributed by atoms with Crippen molar-refractivity contribution in [3.63, 3.8) is 0 Å². The second-order valence-electron chi connectivity index (χ2n) is 0.589. The van der Waals surface area contributed by atoms with Gasteiger partial charge in [-0.15, -0.1) is 0 Å². The maximum absolute atomic E-state index is 9.19. The van der Waals surface area contributed by atoms with Crippen LogP contribution in [0.4, 0.5) is 0 Å². The van der Waals surface area contributed by atoms with E-state index in [0.717, 1.165) is 0 Å². The van der Waals surface area contributed by atoms with Gasteiger partial charge in [0.25, 0.3) is 10.2 Å². The van der Waals surface area contributed by atoms with Gasteiger partial charge in [-0.05, 0) is 0 Å².